The molecule has 1 nitrogen and oxygen atoms in total. The van der Waals surface area contributed by atoms with Gasteiger partial charge in [-0.3, -0.25) is 0 Å². The maximum Gasteiger partial charge on any atom is 0.00925 e. The Hall–Kier alpha value is -0.0400. The zero-order valence-corrected chi connectivity index (χ0v) is 9.90. The van der Waals surface area contributed by atoms with E-state index >= 15 is 0 Å². The first-order chi connectivity index (χ1) is 6.29. The van der Waals surface area contributed by atoms with Gasteiger partial charge in [0, 0.05) is 6.04 Å². The highest BCUT2D eigenvalue weighted by atomic mass is 14.9. The first-order valence-electron chi connectivity index (χ1n) is 6.03. The zero-order chi connectivity index (χ0) is 10.1. The summed E-state index contributed by atoms with van der Waals surface area (Å²) in [6.07, 6.45) is 6.70. The molecule has 0 bridgehead atoms. The molecule has 0 aromatic carbocycles. The Bertz CT molecular complexity index is 95.3. The third-order valence-electron chi connectivity index (χ3n) is 2.79. The maximum atomic E-state index is 3.60. The van der Waals surface area contributed by atoms with Crippen LogP contribution >= 0.6 is 0 Å². The molecule has 80 valence electrons. The van der Waals surface area contributed by atoms with E-state index in [4.69, 9.17) is 0 Å². The van der Waals surface area contributed by atoms with Crippen LogP contribution in [0.1, 0.15) is 59.8 Å². The molecule has 0 aromatic heterocycles. The Morgan fingerprint density at radius 3 is 1.77 bits per heavy atom. The average molecular weight is 185 g/mol. The summed E-state index contributed by atoms with van der Waals surface area (Å²) in [7, 11) is 0. The minimum Gasteiger partial charge on any atom is -0.314 e. The van der Waals surface area contributed by atoms with Crippen LogP contribution in [0.3, 0.4) is 0 Å². The molecule has 0 aromatic rings. The van der Waals surface area contributed by atoms with E-state index in [-0.39, 0.29) is 0 Å². The summed E-state index contributed by atoms with van der Waals surface area (Å²) in [5.41, 5.74) is 0. The minimum atomic E-state index is 0.755. The molecule has 0 spiro atoms. The van der Waals surface area contributed by atoms with Crippen molar-refractivity contribution >= 4 is 0 Å². The lowest BCUT2D eigenvalue weighted by Gasteiger charge is -2.26. The molecule has 0 aliphatic carbocycles. The van der Waals surface area contributed by atoms with Gasteiger partial charge in [0.25, 0.3) is 0 Å². The van der Waals surface area contributed by atoms with Crippen molar-refractivity contribution in [1.82, 2.24) is 5.32 Å². The Kier molecular flexibility index (Phi) is 8.53. The first-order valence-corrected chi connectivity index (χ1v) is 6.03. The standard InChI is InChI=1S/C12H27N/c1-5-9-11(10-6-2)12(7-3)13-8-4/h11-13H,5-10H2,1-4H3. The fraction of sp³-hybridized carbons (Fsp3) is 1.00. The second-order valence-corrected chi connectivity index (χ2v) is 3.91. The fourth-order valence-corrected chi connectivity index (χ4v) is 2.19. The predicted molar refractivity (Wildman–Crippen MR) is 61.1 cm³/mol. The molecule has 0 saturated heterocycles. The Morgan fingerprint density at radius 1 is 0.923 bits per heavy atom. The van der Waals surface area contributed by atoms with E-state index in [2.05, 4.69) is 33.0 Å². The van der Waals surface area contributed by atoms with Gasteiger partial charge in [0.2, 0.25) is 0 Å². The van der Waals surface area contributed by atoms with Crippen LogP contribution in [0.15, 0.2) is 0 Å². The van der Waals surface area contributed by atoms with E-state index in [9.17, 15) is 0 Å². The van der Waals surface area contributed by atoms with Gasteiger partial charge in [0.1, 0.15) is 0 Å². The quantitative estimate of drug-likeness (QED) is 0.609. The molecule has 0 rings (SSSR count). The lowest BCUT2D eigenvalue weighted by molar-refractivity contribution is 0.307. The lowest BCUT2D eigenvalue weighted by Crippen LogP contribution is -2.35. The second kappa shape index (κ2) is 8.55. The van der Waals surface area contributed by atoms with Crippen molar-refractivity contribution in [2.75, 3.05) is 6.54 Å². The summed E-state index contributed by atoms with van der Waals surface area (Å²) < 4.78 is 0. The SMILES string of the molecule is CCCC(CCC)C(CC)NCC. The van der Waals surface area contributed by atoms with Crippen LogP contribution in [0.5, 0.6) is 0 Å². The van der Waals surface area contributed by atoms with Gasteiger partial charge in [-0.25, -0.2) is 0 Å². The summed E-state index contributed by atoms with van der Waals surface area (Å²) in [5, 5.41) is 3.60. The van der Waals surface area contributed by atoms with Crippen LogP contribution in [0, 0.1) is 5.92 Å². The molecule has 0 aliphatic heterocycles. The van der Waals surface area contributed by atoms with E-state index in [1.165, 1.54) is 32.1 Å². The second-order valence-electron chi connectivity index (χ2n) is 3.91. The normalized spacial score (nSPS) is 13.6. The van der Waals surface area contributed by atoms with Crippen LogP contribution < -0.4 is 5.32 Å². The molecule has 0 radical (unpaired) electrons. The van der Waals surface area contributed by atoms with Gasteiger partial charge < -0.3 is 5.32 Å². The highest BCUT2D eigenvalue weighted by molar-refractivity contribution is 4.74. The molecular weight excluding hydrogens is 158 g/mol. The maximum absolute atomic E-state index is 3.60. The molecule has 0 fully saturated rings. The van der Waals surface area contributed by atoms with Gasteiger partial charge in [-0.1, -0.05) is 40.5 Å². The van der Waals surface area contributed by atoms with Crippen molar-refractivity contribution in [3.8, 4) is 0 Å². The molecule has 0 aliphatic rings. The largest absolute Gasteiger partial charge is 0.314 e. The van der Waals surface area contributed by atoms with Gasteiger partial charge >= 0.3 is 0 Å². The molecule has 1 N–H and O–H groups in total. The number of nitrogens with one attached hydrogen (secondary N) is 1. The molecule has 1 atom stereocenters. The third-order valence-corrected chi connectivity index (χ3v) is 2.79. The highest BCUT2D eigenvalue weighted by Gasteiger charge is 2.16. The number of hydrogen-bond acceptors (Lipinski definition) is 1. The smallest absolute Gasteiger partial charge is 0.00925 e. The van der Waals surface area contributed by atoms with Crippen LogP contribution in [-0.2, 0) is 0 Å². The summed E-state index contributed by atoms with van der Waals surface area (Å²) >= 11 is 0. The van der Waals surface area contributed by atoms with Crippen LogP contribution in [-0.4, -0.2) is 12.6 Å². The fourth-order valence-electron chi connectivity index (χ4n) is 2.19. The van der Waals surface area contributed by atoms with E-state index in [0.717, 1.165) is 18.5 Å². The van der Waals surface area contributed by atoms with E-state index in [0.29, 0.717) is 0 Å². The summed E-state index contributed by atoms with van der Waals surface area (Å²) in [5.74, 6) is 0.903. The van der Waals surface area contributed by atoms with Gasteiger partial charge in [-0.2, -0.15) is 0 Å². The van der Waals surface area contributed by atoms with Crippen molar-refractivity contribution in [2.45, 2.75) is 65.8 Å². The third kappa shape index (κ3) is 5.30. The molecule has 0 heterocycles. The van der Waals surface area contributed by atoms with Crippen molar-refractivity contribution in [2.24, 2.45) is 5.92 Å². The minimum absolute atomic E-state index is 0.755. The monoisotopic (exact) mass is 185 g/mol. The van der Waals surface area contributed by atoms with E-state index < -0.39 is 0 Å². The molecule has 1 heteroatoms. The van der Waals surface area contributed by atoms with Gasteiger partial charge in [0.05, 0.1) is 0 Å². The average Bonchev–Trinajstić information content (AvgIpc) is 2.14. The lowest BCUT2D eigenvalue weighted by atomic mass is 9.89. The number of hydrogen-bond donors (Lipinski definition) is 1. The molecule has 1 unspecified atom stereocenters. The van der Waals surface area contributed by atoms with Crippen molar-refractivity contribution in [3.05, 3.63) is 0 Å². The number of rotatable bonds is 8. The van der Waals surface area contributed by atoms with Crippen molar-refractivity contribution in [3.63, 3.8) is 0 Å². The topological polar surface area (TPSA) is 12.0 Å². The summed E-state index contributed by atoms with van der Waals surface area (Å²) in [6.45, 7) is 10.2. The summed E-state index contributed by atoms with van der Waals surface area (Å²) in [4.78, 5) is 0. The van der Waals surface area contributed by atoms with Gasteiger partial charge in [-0.15, -0.1) is 0 Å². The van der Waals surface area contributed by atoms with Crippen molar-refractivity contribution < 1.29 is 0 Å². The highest BCUT2D eigenvalue weighted by Crippen LogP contribution is 2.19. The Balaban J connectivity index is 3.94. The van der Waals surface area contributed by atoms with Crippen LogP contribution in [0.2, 0.25) is 0 Å². The van der Waals surface area contributed by atoms with Gasteiger partial charge in [0.15, 0.2) is 0 Å². The zero-order valence-electron chi connectivity index (χ0n) is 9.90. The van der Waals surface area contributed by atoms with E-state index in [1.807, 2.05) is 0 Å². The Labute approximate surface area is 84.3 Å². The predicted octanol–water partition coefficient (Wildman–Crippen LogP) is 3.59. The van der Waals surface area contributed by atoms with Gasteiger partial charge in [-0.05, 0) is 31.7 Å². The summed E-state index contributed by atoms with van der Waals surface area (Å²) in [6, 6.07) is 0.755. The molecule has 13 heavy (non-hydrogen) atoms. The first kappa shape index (κ1) is 13.0. The Morgan fingerprint density at radius 2 is 1.46 bits per heavy atom. The molecule has 0 amide bonds. The van der Waals surface area contributed by atoms with Crippen LogP contribution in [0.25, 0.3) is 0 Å². The molecule has 0 saturated carbocycles. The van der Waals surface area contributed by atoms with E-state index in [1.54, 1.807) is 0 Å². The molecular formula is C12H27N. The van der Waals surface area contributed by atoms with Crippen molar-refractivity contribution in [1.29, 1.82) is 0 Å². The van der Waals surface area contributed by atoms with Crippen LogP contribution in [0.4, 0.5) is 0 Å².